The van der Waals surface area contributed by atoms with Crippen molar-refractivity contribution < 1.29 is 13.2 Å². The standard InChI is InChI=1S/C9H11NO3S/c1-7-6-13-8-4-2-3-5-9(8)14(11,12)10-7/h2-5,7,10H,6H2,1H3/t7-/m1/s1. The third-order valence-corrected chi connectivity index (χ3v) is 3.61. The van der Waals surface area contributed by atoms with Crippen molar-refractivity contribution in [1.29, 1.82) is 0 Å². The summed E-state index contributed by atoms with van der Waals surface area (Å²) in [6.07, 6.45) is 0. The van der Waals surface area contributed by atoms with Crippen molar-refractivity contribution in [2.75, 3.05) is 6.61 Å². The van der Waals surface area contributed by atoms with Gasteiger partial charge < -0.3 is 4.74 Å². The first kappa shape index (κ1) is 9.48. The van der Waals surface area contributed by atoms with Crippen LogP contribution >= 0.6 is 0 Å². The highest BCUT2D eigenvalue weighted by Gasteiger charge is 2.25. The molecule has 0 bridgehead atoms. The third-order valence-electron chi connectivity index (χ3n) is 1.98. The lowest BCUT2D eigenvalue weighted by atomic mass is 10.3. The Kier molecular flexibility index (Phi) is 2.20. The van der Waals surface area contributed by atoms with Gasteiger partial charge in [-0.3, -0.25) is 0 Å². The Balaban J connectivity index is 2.57. The first-order valence-corrected chi connectivity index (χ1v) is 5.82. The first-order valence-electron chi connectivity index (χ1n) is 4.34. The largest absolute Gasteiger partial charge is 0.491 e. The van der Waals surface area contributed by atoms with Crippen molar-refractivity contribution in [1.82, 2.24) is 4.72 Å². The van der Waals surface area contributed by atoms with Crippen molar-refractivity contribution in [2.45, 2.75) is 17.9 Å². The first-order chi connectivity index (χ1) is 6.59. The molecule has 5 heteroatoms. The summed E-state index contributed by atoms with van der Waals surface area (Å²) in [5.74, 6) is 0.421. The van der Waals surface area contributed by atoms with Crippen LogP contribution in [-0.2, 0) is 10.0 Å². The van der Waals surface area contributed by atoms with Crippen LogP contribution in [0.4, 0.5) is 0 Å². The summed E-state index contributed by atoms with van der Waals surface area (Å²) in [5, 5.41) is 0. The highest BCUT2D eigenvalue weighted by atomic mass is 32.2. The van der Waals surface area contributed by atoms with Gasteiger partial charge in [-0.2, -0.15) is 0 Å². The van der Waals surface area contributed by atoms with Gasteiger partial charge in [0.2, 0.25) is 10.0 Å². The molecule has 1 aromatic carbocycles. The topological polar surface area (TPSA) is 55.4 Å². The van der Waals surface area contributed by atoms with Crippen molar-refractivity contribution in [3.05, 3.63) is 24.3 Å². The molecule has 1 aromatic rings. The molecule has 4 nitrogen and oxygen atoms in total. The highest BCUT2D eigenvalue weighted by Crippen LogP contribution is 2.25. The van der Waals surface area contributed by atoms with E-state index in [0.29, 0.717) is 12.4 Å². The Morgan fingerprint density at radius 3 is 2.93 bits per heavy atom. The van der Waals surface area contributed by atoms with Crippen LogP contribution in [-0.4, -0.2) is 21.1 Å². The predicted molar refractivity (Wildman–Crippen MR) is 51.7 cm³/mol. The van der Waals surface area contributed by atoms with Crippen molar-refractivity contribution in [2.24, 2.45) is 0 Å². The molecule has 0 saturated carbocycles. The molecule has 1 atom stereocenters. The molecule has 1 N–H and O–H groups in total. The maximum atomic E-state index is 11.7. The molecule has 0 unspecified atom stereocenters. The van der Waals surface area contributed by atoms with Gasteiger partial charge in [-0.25, -0.2) is 13.1 Å². The Morgan fingerprint density at radius 2 is 2.14 bits per heavy atom. The molecule has 0 saturated heterocycles. The van der Waals surface area contributed by atoms with E-state index in [9.17, 15) is 8.42 Å². The summed E-state index contributed by atoms with van der Waals surface area (Å²) in [6.45, 7) is 2.12. The van der Waals surface area contributed by atoms with Gasteiger partial charge in [0.25, 0.3) is 0 Å². The van der Waals surface area contributed by atoms with Crippen molar-refractivity contribution >= 4 is 10.0 Å². The number of para-hydroxylation sites is 1. The lowest BCUT2D eigenvalue weighted by Gasteiger charge is -2.06. The molecular formula is C9H11NO3S. The quantitative estimate of drug-likeness (QED) is 0.691. The smallest absolute Gasteiger partial charge is 0.244 e. The van der Waals surface area contributed by atoms with Gasteiger partial charge in [-0.15, -0.1) is 0 Å². The van der Waals surface area contributed by atoms with Crippen LogP contribution in [0, 0.1) is 0 Å². The second kappa shape index (κ2) is 3.25. The zero-order chi connectivity index (χ0) is 10.2. The zero-order valence-corrected chi connectivity index (χ0v) is 8.54. The van der Waals surface area contributed by atoms with Crippen LogP contribution in [0.5, 0.6) is 5.75 Å². The molecule has 0 radical (unpaired) electrons. The third kappa shape index (κ3) is 1.60. The van der Waals surface area contributed by atoms with Gasteiger partial charge in [-0.05, 0) is 19.1 Å². The Morgan fingerprint density at radius 1 is 1.43 bits per heavy atom. The number of ether oxygens (including phenoxy) is 1. The summed E-state index contributed by atoms with van der Waals surface area (Å²) in [5.41, 5.74) is 0. The van der Waals surface area contributed by atoms with E-state index in [1.807, 2.05) is 0 Å². The van der Waals surface area contributed by atoms with Crippen LogP contribution in [0.3, 0.4) is 0 Å². The van der Waals surface area contributed by atoms with E-state index in [2.05, 4.69) is 4.72 Å². The number of nitrogens with one attached hydrogen (secondary N) is 1. The number of hydrogen-bond acceptors (Lipinski definition) is 3. The van der Waals surface area contributed by atoms with Crippen LogP contribution in [0.1, 0.15) is 6.92 Å². The Hall–Kier alpha value is -1.07. The van der Waals surface area contributed by atoms with Gasteiger partial charge in [0.15, 0.2) is 0 Å². The van der Waals surface area contributed by atoms with E-state index < -0.39 is 10.0 Å². The monoisotopic (exact) mass is 213 g/mol. The SMILES string of the molecule is C[C@@H]1COc2ccccc2S(=O)(=O)N1. The van der Waals surface area contributed by atoms with E-state index in [-0.39, 0.29) is 10.9 Å². The molecule has 2 rings (SSSR count). The molecule has 14 heavy (non-hydrogen) atoms. The summed E-state index contributed by atoms with van der Waals surface area (Å²) >= 11 is 0. The summed E-state index contributed by atoms with van der Waals surface area (Å²) in [4.78, 5) is 0.212. The Labute approximate surface area is 82.9 Å². The van der Waals surface area contributed by atoms with Crippen LogP contribution in [0.25, 0.3) is 0 Å². The number of sulfonamides is 1. The summed E-state index contributed by atoms with van der Waals surface area (Å²) < 4.78 is 31.3. The number of hydrogen-bond donors (Lipinski definition) is 1. The van der Waals surface area contributed by atoms with Gasteiger partial charge >= 0.3 is 0 Å². The molecule has 1 aliphatic rings. The highest BCUT2D eigenvalue weighted by molar-refractivity contribution is 7.89. The predicted octanol–water partition coefficient (Wildman–Crippen LogP) is 0.746. The maximum absolute atomic E-state index is 11.7. The molecule has 76 valence electrons. The van der Waals surface area contributed by atoms with E-state index in [1.165, 1.54) is 6.07 Å². The van der Waals surface area contributed by atoms with Crippen LogP contribution in [0.15, 0.2) is 29.2 Å². The van der Waals surface area contributed by atoms with Gasteiger partial charge in [0.05, 0.1) is 6.04 Å². The molecule has 1 aliphatic heterocycles. The molecule has 0 aliphatic carbocycles. The molecule has 0 fully saturated rings. The minimum Gasteiger partial charge on any atom is -0.491 e. The number of rotatable bonds is 0. The van der Waals surface area contributed by atoms with Crippen LogP contribution in [0.2, 0.25) is 0 Å². The summed E-state index contributed by atoms with van der Waals surface area (Å²) in [7, 11) is -3.40. The Bertz CT molecular complexity index is 441. The average Bonchev–Trinajstić information content (AvgIpc) is 2.24. The van der Waals surface area contributed by atoms with Gasteiger partial charge in [-0.1, -0.05) is 12.1 Å². The van der Waals surface area contributed by atoms with Crippen LogP contribution < -0.4 is 9.46 Å². The molecule has 1 heterocycles. The second-order valence-electron chi connectivity index (χ2n) is 3.28. The van der Waals surface area contributed by atoms with E-state index >= 15 is 0 Å². The van der Waals surface area contributed by atoms with E-state index in [4.69, 9.17) is 4.74 Å². The molecule has 0 spiro atoms. The summed E-state index contributed by atoms with van der Waals surface area (Å²) in [6, 6.07) is 6.43. The fraction of sp³-hybridized carbons (Fsp3) is 0.333. The van der Waals surface area contributed by atoms with Crippen molar-refractivity contribution in [3.8, 4) is 5.75 Å². The fourth-order valence-corrected chi connectivity index (χ4v) is 2.74. The number of benzene rings is 1. The molecule has 0 aromatic heterocycles. The van der Waals surface area contributed by atoms with Crippen molar-refractivity contribution in [3.63, 3.8) is 0 Å². The fourth-order valence-electron chi connectivity index (χ4n) is 1.37. The lowest BCUT2D eigenvalue weighted by molar-refractivity contribution is 0.288. The molecule has 0 amide bonds. The van der Waals surface area contributed by atoms with Gasteiger partial charge in [0.1, 0.15) is 17.3 Å². The minimum absolute atomic E-state index is 0.201. The maximum Gasteiger partial charge on any atom is 0.244 e. The number of fused-ring (bicyclic) bond motifs is 1. The van der Waals surface area contributed by atoms with E-state index in [0.717, 1.165) is 0 Å². The van der Waals surface area contributed by atoms with E-state index in [1.54, 1.807) is 25.1 Å². The minimum atomic E-state index is -3.40. The van der Waals surface area contributed by atoms with Gasteiger partial charge in [0, 0.05) is 0 Å². The average molecular weight is 213 g/mol. The second-order valence-corrected chi connectivity index (χ2v) is 4.96. The zero-order valence-electron chi connectivity index (χ0n) is 7.73. The normalized spacial score (nSPS) is 24.5. The lowest BCUT2D eigenvalue weighted by Crippen LogP contribution is -2.33. The molecular weight excluding hydrogens is 202 g/mol.